The monoisotopic (exact) mass is 357 g/mol. The molecule has 1 spiro atoms. The van der Waals surface area contributed by atoms with Gasteiger partial charge in [0, 0.05) is 18.9 Å². The molecule has 7 heteroatoms. The second-order valence-electron chi connectivity index (χ2n) is 7.06. The largest absolute Gasteiger partial charge is 0.478 e. The molecule has 7 nitrogen and oxygen atoms in total. The summed E-state index contributed by atoms with van der Waals surface area (Å²) in [5.74, 6) is 1.58. The summed E-state index contributed by atoms with van der Waals surface area (Å²) in [5, 5.41) is 3.88. The molecule has 1 atom stereocenters. The number of amides is 1. The van der Waals surface area contributed by atoms with E-state index in [2.05, 4.69) is 10.1 Å². The van der Waals surface area contributed by atoms with Crippen molar-refractivity contribution < 1.29 is 18.8 Å². The lowest BCUT2D eigenvalue weighted by atomic mass is 9.79. The molecule has 138 valence electrons. The first-order valence-electron chi connectivity index (χ1n) is 8.99. The molecule has 2 aromatic heterocycles. The summed E-state index contributed by atoms with van der Waals surface area (Å²) in [7, 11) is 0. The Hall–Kier alpha value is -2.41. The minimum atomic E-state index is -0.234. The van der Waals surface area contributed by atoms with Gasteiger partial charge in [-0.3, -0.25) is 4.79 Å². The van der Waals surface area contributed by atoms with Crippen LogP contribution < -0.4 is 4.74 Å². The number of aromatic nitrogens is 2. The van der Waals surface area contributed by atoms with Gasteiger partial charge in [0.25, 0.3) is 5.91 Å². The first-order chi connectivity index (χ1) is 12.6. The van der Waals surface area contributed by atoms with Crippen LogP contribution in [0.5, 0.6) is 5.88 Å². The van der Waals surface area contributed by atoms with Gasteiger partial charge in [-0.15, -0.1) is 0 Å². The third-order valence-corrected chi connectivity index (χ3v) is 5.41. The van der Waals surface area contributed by atoms with Gasteiger partial charge in [0.1, 0.15) is 16.9 Å². The Kier molecular flexibility index (Phi) is 4.40. The number of ether oxygens (including phenoxy) is 2. The highest BCUT2D eigenvalue weighted by Crippen LogP contribution is 2.42. The van der Waals surface area contributed by atoms with E-state index in [0.717, 1.165) is 19.4 Å². The van der Waals surface area contributed by atoms with Gasteiger partial charge in [0.05, 0.1) is 25.4 Å². The van der Waals surface area contributed by atoms with E-state index in [1.807, 2.05) is 23.1 Å². The Morgan fingerprint density at radius 1 is 1.38 bits per heavy atom. The molecule has 0 aliphatic carbocycles. The van der Waals surface area contributed by atoms with Gasteiger partial charge >= 0.3 is 0 Å². The fourth-order valence-electron chi connectivity index (χ4n) is 3.97. The number of aryl methyl sites for hydroxylation is 2. The SMILES string of the molecule is Cc1noc(C)c1C(=O)N1CC2(C1)OCC[C@H]2CCOc1ccccn1. The van der Waals surface area contributed by atoms with Crippen molar-refractivity contribution in [3.63, 3.8) is 0 Å². The number of carbonyl (C=O) groups is 1. The van der Waals surface area contributed by atoms with Gasteiger partial charge in [-0.25, -0.2) is 4.98 Å². The van der Waals surface area contributed by atoms with Crippen LogP contribution in [0.3, 0.4) is 0 Å². The van der Waals surface area contributed by atoms with Crippen LogP contribution in [-0.2, 0) is 4.74 Å². The molecule has 26 heavy (non-hydrogen) atoms. The second-order valence-corrected chi connectivity index (χ2v) is 7.06. The molecule has 2 saturated heterocycles. The summed E-state index contributed by atoms with van der Waals surface area (Å²) in [4.78, 5) is 18.7. The van der Waals surface area contributed by atoms with Gasteiger partial charge in [0.15, 0.2) is 0 Å². The standard InChI is InChI=1S/C19H23N3O4/c1-13-17(14(2)26-21-13)18(23)22-11-19(12-22)15(7-10-25-19)6-9-24-16-5-3-4-8-20-16/h3-5,8,15H,6-7,9-12H2,1-2H3/t15-/m1/s1. The fourth-order valence-corrected chi connectivity index (χ4v) is 3.97. The zero-order valence-electron chi connectivity index (χ0n) is 15.1. The van der Waals surface area contributed by atoms with Gasteiger partial charge < -0.3 is 18.9 Å². The summed E-state index contributed by atoms with van der Waals surface area (Å²) in [5.41, 5.74) is 0.983. The van der Waals surface area contributed by atoms with Crippen molar-refractivity contribution >= 4 is 5.91 Å². The molecule has 2 fully saturated rings. The summed E-state index contributed by atoms with van der Waals surface area (Å²) >= 11 is 0. The number of hydrogen-bond acceptors (Lipinski definition) is 6. The van der Waals surface area contributed by atoms with E-state index in [4.69, 9.17) is 14.0 Å². The first-order valence-corrected chi connectivity index (χ1v) is 8.99. The van der Waals surface area contributed by atoms with Crippen LogP contribution in [0, 0.1) is 19.8 Å². The van der Waals surface area contributed by atoms with Gasteiger partial charge in [-0.2, -0.15) is 0 Å². The quantitative estimate of drug-likeness (QED) is 0.818. The van der Waals surface area contributed by atoms with E-state index < -0.39 is 0 Å². The highest BCUT2D eigenvalue weighted by Gasteiger charge is 2.54. The molecule has 0 unspecified atom stereocenters. The third-order valence-electron chi connectivity index (χ3n) is 5.41. The molecule has 0 N–H and O–H groups in total. The number of rotatable bonds is 5. The van der Waals surface area contributed by atoms with Crippen molar-refractivity contribution in [1.29, 1.82) is 0 Å². The van der Waals surface area contributed by atoms with Gasteiger partial charge in [0.2, 0.25) is 5.88 Å². The Balaban J connectivity index is 1.34. The molecule has 2 aliphatic rings. The van der Waals surface area contributed by atoms with E-state index in [1.165, 1.54) is 0 Å². The molecule has 1 amide bonds. The average molecular weight is 357 g/mol. The topological polar surface area (TPSA) is 77.7 Å². The summed E-state index contributed by atoms with van der Waals surface area (Å²) < 4.78 is 16.9. The van der Waals surface area contributed by atoms with Crippen molar-refractivity contribution in [1.82, 2.24) is 15.0 Å². The van der Waals surface area contributed by atoms with Crippen LogP contribution in [0.4, 0.5) is 0 Å². The van der Waals surface area contributed by atoms with Crippen molar-refractivity contribution in [2.24, 2.45) is 5.92 Å². The lowest BCUT2D eigenvalue weighted by Crippen LogP contribution is -2.66. The van der Waals surface area contributed by atoms with Gasteiger partial charge in [-0.1, -0.05) is 11.2 Å². The zero-order valence-corrected chi connectivity index (χ0v) is 15.1. The van der Waals surface area contributed by atoms with Crippen LogP contribution in [0.25, 0.3) is 0 Å². The van der Waals surface area contributed by atoms with Crippen LogP contribution in [-0.4, -0.2) is 52.9 Å². The lowest BCUT2D eigenvalue weighted by Gasteiger charge is -2.50. The van der Waals surface area contributed by atoms with Gasteiger partial charge in [-0.05, 0) is 38.7 Å². The molecule has 0 radical (unpaired) electrons. The van der Waals surface area contributed by atoms with Crippen LogP contribution in [0.1, 0.15) is 34.7 Å². The summed E-state index contributed by atoms with van der Waals surface area (Å²) in [6.45, 7) is 6.14. The highest BCUT2D eigenvalue weighted by atomic mass is 16.5. The minimum absolute atomic E-state index is 0.0224. The van der Waals surface area contributed by atoms with Crippen LogP contribution in [0.2, 0.25) is 0 Å². The Morgan fingerprint density at radius 3 is 2.92 bits per heavy atom. The molecular weight excluding hydrogens is 334 g/mol. The maximum atomic E-state index is 12.7. The maximum absolute atomic E-state index is 12.7. The third kappa shape index (κ3) is 2.96. The van der Waals surface area contributed by atoms with Crippen molar-refractivity contribution in [3.05, 3.63) is 41.4 Å². The van der Waals surface area contributed by atoms with Crippen molar-refractivity contribution in [2.45, 2.75) is 32.3 Å². The Bertz CT molecular complexity index is 764. The van der Waals surface area contributed by atoms with Crippen molar-refractivity contribution in [3.8, 4) is 5.88 Å². The van der Waals surface area contributed by atoms with E-state index in [1.54, 1.807) is 20.0 Å². The van der Waals surface area contributed by atoms with E-state index in [9.17, 15) is 4.79 Å². The predicted molar refractivity (Wildman–Crippen MR) is 93.0 cm³/mol. The first kappa shape index (κ1) is 17.0. The van der Waals surface area contributed by atoms with Crippen molar-refractivity contribution in [2.75, 3.05) is 26.3 Å². The van der Waals surface area contributed by atoms with E-state index in [0.29, 0.717) is 48.5 Å². The molecule has 2 aromatic rings. The summed E-state index contributed by atoms with van der Waals surface area (Å²) in [6.07, 6.45) is 3.61. The normalized spacial score (nSPS) is 21.0. The number of carbonyl (C=O) groups excluding carboxylic acids is 1. The van der Waals surface area contributed by atoms with Crippen LogP contribution >= 0.6 is 0 Å². The van der Waals surface area contributed by atoms with E-state index >= 15 is 0 Å². The Morgan fingerprint density at radius 2 is 2.23 bits per heavy atom. The second kappa shape index (κ2) is 6.72. The number of hydrogen-bond donors (Lipinski definition) is 0. The molecule has 4 rings (SSSR count). The molecule has 0 saturated carbocycles. The smallest absolute Gasteiger partial charge is 0.259 e. The van der Waals surface area contributed by atoms with Crippen LogP contribution in [0.15, 0.2) is 28.9 Å². The molecule has 2 aliphatic heterocycles. The van der Waals surface area contributed by atoms with E-state index in [-0.39, 0.29) is 11.5 Å². The molecular formula is C19H23N3O4. The molecule has 0 aromatic carbocycles. The number of pyridine rings is 1. The Labute approximate surface area is 152 Å². The molecule has 0 bridgehead atoms. The minimum Gasteiger partial charge on any atom is -0.478 e. The molecule has 4 heterocycles. The zero-order chi connectivity index (χ0) is 18.1. The summed E-state index contributed by atoms with van der Waals surface area (Å²) in [6, 6.07) is 5.63. The maximum Gasteiger partial charge on any atom is 0.259 e. The number of nitrogens with zero attached hydrogens (tertiary/aromatic N) is 3. The highest BCUT2D eigenvalue weighted by molar-refractivity contribution is 5.96. The average Bonchev–Trinajstić information content (AvgIpc) is 3.17. The predicted octanol–water partition coefficient (Wildman–Crippen LogP) is 2.39. The lowest BCUT2D eigenvalue weighted by molar-refractivity contribution is -0.119. The fraction of sp³-hybridized carbons (Fsp3) is 0.526. The number of likely N-dealkylation sites (tertiary alicyclic amines) is 1.